The van der Waals surface area contributed by atoms with Gasteiger partial charge in [0.05, 0.1) is 19.8 Å². The van der Waals surface area contributed by atoms with Gasteiger partial charge in [-0.2, -0.15) is 0 Å². The Labute approximate surface area is 127 Å². The lowest BCUT2D eigenvalue weighted by atomic mass is 10.0. The van der Waals surface area contributed by atoms with Crippen LogP contribution in [0.1, 0.15) is 32.3 Å². The van der Waals surface area contributed by atoms with E-state index in [-0.39, 0.29) is 6.10 Å². The minimum absolute atomic E-state index is 0.214. The number of benzene rings is 1. The molecule has 1 aliphatic rings. The fourth-order valence-electron chi connectivity index (χ4n) is 2.80. The maximum atomic E-state index is 9.67. The van der Waals surface area contributed by atoms with E-state index in [0.717, 1.165) is 44.0 Å². The number of ether oxygens (including phenoxy) is 2. The van der Waals surface area contributed by atoms with Crippen molar-refractivity contribution in [1.82, 2.24) is 4.90 Å². The third-order valence-corrected chi connectivity index (χ3v) is 4.09. The second-order valence-corrected chi connectivity index (χ2v) is 5.86. The molecule has 0 aliphatic carbocycles. The molecule has 1 aromatic rings. The highest BCUT2D eigenvalue weighted by Gasteiger charge is 2.25. The van der Waals surface area contributed by atoms with Crippen molar-refractivity contribution < 1.29 is 14.6 Å². The molecule has 2 rings (SSSR count). The van der Waals surface area contributed by atoms with Crippen LogP contribution in [0.2, 0.25) is 0 Å². The van der Waals surface area contributed by atoms with E-state index in [4.69, 9.17) is 9.47 Å². The molecule has 1 aliphatic heterocycles. The number of hydrogen-bond acceptors (Lipinski definition) is 4. The summed E-state index contributed by atoms with van der Waals surface area (Å²) in [6.45, 7) is 7.59. The van der Waals surface area contributed by atoms with Crippen LogP contribution in [0.15, 0.2) is 18.2 Å². The van der Waals surface area contributed by atoms with Gasteiger partial charge in [0.25, 0.3) is 0 Å². The highest BCUT2D eigenvalue weighted by atomic mass is 16.5. The fourth-order valence-corrected chi connectivity index (χ4v) is 2.80. The maximum Gasteiger partial charge on any atom is 0.161 e. The summed E-state index contributed by atoms with van der Waals surface area (Å²) < 4.78 is 11.1. The van der Waals surface area contributed by atoms with Gasteiger partial charge < -0.3 is 14.6 Å². The van der Waals surface area contributed by atoms with Gasteiger partial charge in [-0.15, -0.1) is 0 Å². The van der Waals surface area contributed by atoms with E-state index in [9.17, 15) is 5.11 Å². The topological polar surface area (TPSA) is 41.9 Å². The zero-order valence-corrected chi connectivity index (χ0v) is 13.3. The quantitative estimate of drug-likeness (QED) is 0.839. The Hall–Kier alpha value is -1.26. The molecular formula is C17H27NO3. The molecule has 1 fully saturated rings. The average molecular weight is 293 g/mol. The second kappa shape index (κ2) is 7.66. The van der Waals surface area contributed by atoms with E-state index in [0.29, 0.717) is 12.5 Å². The highest BCUT2D eigenvalue weighted by molar-refractivity contribution is 5.43. The van der Waals surface area contributed by atoms with Gasteiger partial charge in [0.1, 0.15) is 0 Å². The van der Waals surface area contributed by atoms with Crippen molar-refractivity contribution in [3.8, 4) is 11.5 Å². The van der Waals surface area contributed by atoms with Crippen LogP contribution in [0, 0.1) is 5.92 Å². The van der Waals surface area contributed by atoms with Gasteiger partial charge in [-0.1, -0.05) is 13.0 Å². The molecule has 0 bridgehead atoms. The van der Waals surface area contributed by atoms with E-state index in [1.807, 2.05) is 13.0 Å². The molecule has 1 saturated heterocycles. The van der Waals surface area contributed by atoms with Crippen molar-refractivity contribution in [2.24, 2.45) is 5.92 Å². The average Bonchev–Trinajstić information content (AvgIpc) is 2.94. The third-order valence-electron chi connectivity index (χ3n) is 4.09. The molecule has 4 nitrogen and oxygen atoms in total. The lowest BCUT2D eigenvalue weighted by Crippen LogP contribution is -2.23. The Morgan fingerprint density at radius 1 is 1.38 bits per heavy atom. The van der Waals surface area contributed by atoms with Gasteiger partial charge in [0.15, 0.2) is 11.5 Å². The predicted octanol–water partition coefficient (Wildman–Crippen LogP) is 2.69. The lowest BCUT2D eigenvalue weighted by Gasteiger charge is -2.18. The van der Waals surface area contributed by atoms with Crippen molar-refractivity contribution in [2.45, 2.75) is 39.3 Å². The number of nitrogens with zero attached hydrogens (tertiary/aromatic N) is 1. The first-order chi connectivity index (χ1) is 10.1. The first-order valence-corrected chi connectivity index (χ1v) is 7.84. The monoisotopic (exact) mass is 293 g/mol. The zero-order valence-electron chi connectivity index (χ0n) is 13.3. The summed E-state index contributed by atoms with van der Waals surface area (Å²) in [7, 11) is 1.68. The van der Waals surface area contributed by atoms with Gasteiger partial charge in [-0.05, 0) is 49.9 Å². The van der Waals surface area contributed by atoms with Gasteiger partial charge in [-0.25, -0.2) is 0 Å². The van der Waals surface area contributed by atoms with Gasteiger partial charge in [-0.3, -0.25) is 4.90 Å². The van der Waals surface area contributed by atoms with Crippen LogP contribution in [0.4, 0.5) is 0 Å². The molecule has 4 heteroatoms. The molecule has 0 radical (unpaired) electrons. The molecule has 2 unspecified atom stereocenters. The van der Waals surface area contributed by atoms with Gasteiger partial charge >= 0.3 is 0 Å². The normalized spacial score (nSPS) is 20.5. The Balaban J connectivity index is 1.98. The summed E-state index contributed by atoms with van der Waals surface area (Å²) in [6.07, 6.45) is 1.85. The summed E-state index contributed by atoms with van der Waals surface area (Å²) in [6, 6.07) is 6.15. The Bertz CT molecular complexity index is 448. The van der Waals surface area contributed by atoms with E-state index in [1.165, 1.54) is 5.56 Å². The number of aliphatic hydroxyl groups excluding tert-OH is 1. The summed E-state index contributed by atoms with van der Waals surface area (Å²) >= 11 is 0. The molecule has 0 saturated carbocycles. The molecule has 1 heterocycles. The number of methoxy groups -OCH3 is 1. The second-order valence-electron chi connectivity index (χ2n) is 5.86. The molecule has 0 aromatic heterocycles. The molecular weight excluding hydrogens is 266 g/mol. The van der Waals surface area contributed by atoms with Crippen LogP contribution < -0.4 is 9.47 Å². The van der Waals surface area contributed by atoms with Crippen LogP contribution >= 0.6 is 0 Å². The minimum Gasteiger partial charge on any atom is -0.493 e. The highest BCUT2D eigenvalue weighted by Crippen LogP contribution is 2.29. The lowest BCUT2D eigenvalue weighted by molar-refractivity contribution is 0.127. The molecule has 2 atom stereocenters. The van der Waals surface area contributed by atoms with Gasteiger partial charge in [0.2, 0.25) is 0 Å². The van der Waals surface area contributed by atoms with Gasteiger partial charge in [0, 0.05) is 13.1 Å². The van der Waals surface area contributed by atoms with Crippen LogP contribution in [0.25, 0.3) is 0 Å². The fraction of sp³-hybridized carbons (Fsp3) is 0.647. The van der Waals surface area contributed by atoms with Crippen LogP contribution in [0.3, 0.4) is 0 Å². The first kappa shape index (κ1) is 16.1. The van der Waals surface area contributed by atoms with E-state index < -0.39 is 0 Å². The Morgan fingerprint density at radius 2 is 2.19 bits per heavy atom. The molecule has 0 spiro atoms. The number of hydrogen-bond donors (Lipinski definition) is 1. The van der Waals surface area contributed by atoms with Crippen LogP contribution in [-0.2, 0) is 6.54 Å². The Morgan fingerprint density at radius 3 is 2.81 bits per heavy atom. The maximum absolute atomic E-state index is 9.67. The Kier molecular flexibility index (Phi) is 5.88. The minimum atomic E-state index is -0.214. The molecule has 1 aromatic carbocycles. The number of rotatable bonds is 7. The summed E-state index contributed by atoms with van der Waals surface area (Å²) in [5, 5.41) is 9.67. The molecule has 118 valence electrons. The number of likely N-dealkylation sites (tertiary alicyclic amines) is 1. The van der Waals surface area contributed by atoms with Crippen LogP contribution in [0.5, 0.6) is 11.5 Å². The predicted molar refractivity (Wildman–Crippen MR) is 83.8 cm³/mol. The largest absolute Gasteiger partial charge is 0.493 e. The van der Waals surface area contributed by atoms with Crippen molar-refractivity contribution in [1.29, 1.82) is 0 Å². The summed E-state index contributed by atoms with van der Waals surface area (Å²) in [5.41, 5.74) is 1.22. The van der Waals surface area contributed by atoms with Crippen molar-refractivity contribution in [3.63, 3.8) is 0 Å². The van der Waals surface area contributed by atoms with E-state index in [1.54, 1.807) is 7.11 Å². The molecule has 0 amide bonds. The van der Waals surface area contributed by atoms with Crippen molar-refractivity contribution in [3.05, 3.63) is 23.8 Å². The van der Waals surface area contributed by atoms with Crippen LogP contribution in [-0.4, -0.2) is 42.9 Å². The van der Waals surface area contributed by atoms with Crippen molar-refractivity contribution >= 4 is 0 Å². The molecule has 21 heavy (non-hydrogen) atoms. The van der Waals surface area contributed by atoms with E-state index in [2.05, 4.69) is 24.0 Å². The standard InChI is InChI=1S/C17H27NO3/c1-4-9-21-16-6-5-14(10-17(16)20-3)11-18-8-7-15(12-18)13(2)19/h5-6,10,13,15,19H,4,7-9,11-12H2,1-3H3. The summed E-state index contributed by atoms with van der Waals surface area (Å²) in [5.74, 6) is 2.01. The first-order valence-electron chi connectivity index (χ1n) is 7.84. The van der Waals surface area contributed by atoms with E-state index >= 15 is 0 Å². The summed E-state index contributed by atoms with van der Waals surface area (Å²) in [4.78, 5) is 2.39. The number of aliphatic hydroxyl groups is 1. The third kappa shape index (κ3) is 4.35. The SMILES string of the molecule is CCCOc1ccc(CN2CCC(C(C)O)C2)cc1OC. The zero-order chi connectivity index (χ0) is 15.2. The smallest absolute Gasteiger partial charge is 0.161 e. The molecule has 1 N–H and O–H groups in total. The van der Waals surface area contributed by atoms with Crippen molar-refractivity contribution in [2.75, 3.05) is 26.8 Å².